The first kappa shape index (κ1) is 41.9. The molecule has 5 amide bonds. The number of aliphatic carboxylic acids is 1. The number of carboxylic acid groups (broad SMARTS) is 1. The SMILES string of the molecule is Cc1c(CC(=O)NCC(=O)NCC(=O)NC(C(=O)NCCCC(=O)NC(CSCc2ccccc2)C(=O)O)c2ccccc2)c(=O)oc2cc(O)c(Cl)cc12. The van der Waals surface area contributed by atoms with Crippen LogP contribution >= 0.6 is 23.4 Å². The lowest BCUT2D eigenvalue weighted by atomic mass is 10.0. The third-order valence-corrected chi connectivity index (χ3v) is 9.60. The van der Waals surface area contributed by atoms with Gasteiger partial charge in [-0.3, -0.25) is 24.0 Å². The molecule has 4 aromatic rings. The van der Waals surface area contributed by atoms with Crippen molar-refractivity contribution >= 4 is 69.8 Å². The number of carbonyl (C=O) groups is 6. The summed E-state index contributed by atoms with van der Waals surface area (Å²) >= 11 is 7.36. The number of amides is 5. The minimum Gasteiger partial charge on any atom is -0.506 e. The second-order valence-electron chi connectivity index (χ2n) is 12.3. The summed E-state index contributed by atoms with van der Waals surface area (Å²) in [5.41, 5.74) is 1.25. The lowest BCUT2D eigenvalue weighted by molar-refractivity contribution is -0.141. The van der Waals surface area contributed by atoms with E-state index in [0.717, 1.165) is 5.56 Å². The Kier molecular flexibility index (Phi) is 15.6. The van der Waals surface area contributed by atoms with Gasteiger partial charge in [-0.05, 0) is 36.1 Å². The van der Waals surface area contributed by atoms with Crippen molar-refractivity contribution in [1.82, 2.24) is 26.6 Å². The molecule has 290 valence electrons. The zero-order chi connectivity index (χ0) is 39.9. The molecule has 1 heterocycles. The monoisotopic (exact) mass is 793 g/mol. The second kappa shape index (κ2) is 20.5. The Morgan fingerprint density at radius 1 is 0.836 bits per heavy atom. The molecule has 4 rings (SSSR count). The molecule has 7 N–H and O–H groups in total. The fourth-order valence-corrected chi connectivity index (χ4v) is 6.45. The van der Waals surface area contributed by atoms with Crippen molar-refractivity contribution in [3.05, 3.63) is 110 Å². The molecule has 0 radical (unpaired) electrons. The number of rotatable bonds is 19. The zero-order valence-corrected chi connectivity index (χ0v) is 31.3. The molecule has 2 unspecified atom stereocenters. The molecule has 3 aromatic carbocycles. The fourth-order valence-electron chi connectivity index (χ4n) is 5.28. The first-order chi connectivity index (χ1) is 26.3. The largest absolute Gasteiger partial charge is 0.506 e. The Morgan fingerprint density at radius 3 is 2.18 bits per heavy atom. The van der Waals surface area contributed by atoms with Gasteiger partial charge in [0.2, 0.25) is 29.5 Å². The van der Waals surface area contributed by atoms with Gasteiger partial charge in [-0.1, -0.05) is 72.3 Å². The van der Waals surface area contributed by atoms with Gasteiger partial charge >= 0.3 is 11.6 Å². The zero-order valence-electron chi connectivity index (χ0n) is 29.7. The number of carbonyl (C=O) groups excluding carboxylic acids is 5. The van der Waals surface area contributed by atoms with Crippen molar-refractivity contribution in [2.45, 2.75) is 44.0 Å². The van der Waals surface area contributed by atoms with Crippen LogP contribution in [0.15, 0.2) is 82.0 Å². The number of thioether (sulfide) groups is 1. The molecule has 15 nitrogen and oxygen atoms in total. The molecule has 2 atom stereocenters. The van der Waals surface area contributed by atoms with Crippen LogP contribution in [0, 0.1) is 6.92 Å². The molecule has 0 saturated carbocycles. The maximum absolute atomic E-state index is 13.2. The number of hydrogen-bond acceptors (Lipinski definition) is 10. The minimum absolute atomic E-state index is 0.0342. The molecule has 0 aliphatic rings. The number of benzene rings is 3. The number of fused-ring (bicyclic) bond motifs is 1. The van der Waals surface area contributed by atoms with E-state index in [1.165, 1.54) is 23.9 Å². The van der Waals surface area contributed by atoms with E-state index in [-0.39, 0.29) is 47.1 Å². The van der Waals surface area contributed by atoms with Gasteiger partial charge < -0.3 is 41.2 Å². The van der Waals surface area contributed by atoms with Gasteiger partial charge in [0.15, 0.2) is 0 Å². The fraction of sp³-hybridized carbons (Fsp3) is 0.289. The van der Waals surface area contributed by atoms with Crippen molar-refractivity contribution in [1.29, 1.82) is 0 Å². The van der Waals surface area contributed by atoms with E-state index in [9.17, 15) is 43.8 Å². The van der Waals surface area contributed by atoms with Crippen LogP contribution in [0.2, 0.25) is 5.02 Å². The van der Waals surface area contributed by atoms with E-state index in [1.807, 2.05) is 30.3 Å². The van der Waals surface area contributed by atoms with E-state index < -0.39 is 72.7 Å². The van der Waals surface area contributed by atoms with Gasteiger partial charge in [-0.25, -0.2) is 9.59 Å². The lowest BCUT2D eigenvalue weighted by Gasteiger charge is -2.19. The Labute approximate surface area is 324 Å². The van der Waals surface area contributed by atoms with Gasteiger partial charge in [0.25, 0.3) is 0 Å². The van der Waals surface area contributed by atoms with Crippen LogP contribution in [0.3, 0.4) is 0 Å². The van der Waals surface area contributed by atoms with Crippen LogP contribution < -0.4 is 32.2 Å². The first-order valence-corrected chi connectivity index (χ1v) is 18.6. The van der Waals surface area contributed by atoms with Crippen LogP contribution in [-0.4, -0.2) is 77.1 Å². The predicted octanol–water partition coefficient (Wildman–Crippen LogP) is 2.49. The number of aryl methyl sites for hydroxylation is 1. The molecular formula is C38H40ClN5O10S. The predicted molar refractivity (Wildman–Crippen MR) is 205 cm³/mol. The third-order valence-electron chi connectivity index (χ3n) is 8.19. The van der Waals surface area contributed by atoms with Crippen LogP contribution in [0.4, 0.5) is 0 Å². The van der Waals surface area contributed by atoms with E-state index in [0.29, 0.717) is 22.3 Å². The summed E-state index contributed by atoms with van der Waals surface area (Å²) in [6, 6.07) is 18.3. The average Bonchev–Trinajstić information content (AvgIpc) is 3.16. The Morgan fingerprint density at radius 2 is 1.49 bits per heavy atom. The van der Waals surface area contributed by atoms with Crippen LogP contribution in [0.1, 0.15) is 41.1 Å². The smallest absolute Gasteiger partial charge is 0.340 e. The summed E-state index contributed by atoms with van der Waals surface area (Å²) < 4.78 is 5.22. The number of phenolic OH excluding ortho intramolecular Hbond substituents is 1. The number of nitrogens with one attached hydrogen (secondary N) is 5. The minimum atomic E-state index is -1.15. The number of carboxylic acids is 1. The Balaban J connectivity index is 1.20. The summed E-state index contributed by atoms with van der Waals surface area (Å²) in [6.45, 7) is 0.608. The van der Waals surface area contributed by atoms with Crippen molar-refractivity contribution in [3.8, 4) is 5.75 Å². The highest BCUT2D eigenvalue weighted by molar-refractivity contribution is 7.98. The molecule has 55 heavy (non-hydrogen) atoms. The van der Waals surface area contributed by atoms with Crippen molar-refractivity contribution in [2.24, 2.45) is 0 Å². The molecule has 0 saturated heterocycles. The third kappa shape index (κ3) is 12.9. The topological polar surface area (TPSA) is 233 Å². The van der Waals surface area contributed by atoms with Crippen molar-refractivity contribution in [2.75, 3.05) is 25.4 Å². The van der Waals surface area contributed by atoms with Crippen molar-refractivity contribution < 1.29 is 43.4 Å². The van der Waals surface area contributed by atoms with Crippen molar-refractivity contribution in [3.63, 3.8) is 0 Å². The maximum Gasteiger partial charge on any atom is 0.340 e. The van der Waals surface area contributed by atoms with E-state index in [1.54, 1.807) is 37.3 Å². The normalized spacial score (nSPS) is 11.9. The summed E-state index contributed by atoms with van der Waals surface area (Å²) in [7, 11) is 0. The molecular weight excluding hydrogens is 754 g/mol. The standard InChI is InChI=1S/C38H40ClN5O10S/c1-22-25-15-27(39)29(45)17-30(25)54-38(53)26(22)16-32(47)41-18-33(48)42-19-34(49)44-35(24-11-6-3-7-12-24)36(50)40-14-8-13-31(46)43-28(37(51)52)21-55-20-23-9-4-2-5-10-23/h2-7,9-12,15,17,28,35,45H,8,13-14,16,18-21H2,1H3,(H,40,50)(H,41,47)(H,42,48)(H,43,46)(H,44,49)(H,51,52). The summed E-state index contributed by atoms with van der Waals surface area (Å²) in [5.74, 6) is -3.80. The Hall–Kier alpha value is -5.87. The molecule has 0 aliphatic heterocycles. The summed E-state index contributed by atoms with van der Waals surface area (Å²) in [5, 5.41) is 32.3. The molecule has 0 spiro atoms. The summed E-state index contributed by atoms with van der Waals surface area (Å²) in [6.07, 6.45) is -0.261. The average molecular weight is 794 g/mol. The highest BCUT2D eigenvalue weighted by atomic mass is 35.5. The lowest BCUT2D eigenvalue weighted by Crippen LogP contribution is -2.46. The van der Waals surface area contributed by atoms with Crippen LogP contribution in [0.25, 0.3) is 11.0 Å². The number of phenols is 1. The highest BCUT2D eigenvalue weighted by Gasteiger charge is 2.24. The van der Waals surface area contributed by atoms with E-state index in [4.69, 9.17) is 16.0 Å². The molecule has 0 bridgehead atoms. The van der Waals surface area contributed by atoms with Gasteiger partial charge in [-0.15, -0.1) is 0 Å². The number of hydrogen-bond donors (Lipinski definition) is 7. The maximum atomic E-state index is 13.2. The number of aromatic hydroxyl groups is 1. The molecule has 0 aliphatic carbocycles. The van der Waals surface area contributed by atoms with Gasteiger partial charge in [-0.2, -0.15) is 11.8 Å². The van der Waals surface area contributed by atoms with E-state index >= 15 is 0 Å². The first-order valence-electron chi connectivity index (χ1n) is 17.1. The van der Waals surface area contributed by atoms with Crippen LogP contribution in [0.5, 0.6) is 5.75 Å². The van der Waals surface area contributed by atoms with Gasteiger partial charge in [0, 0.05) is 35.9 Å². The molecule has 0 fully saturated rings. The highest BCUT2D eigenvalue weighted by Crippen LogP contribution is 2.30. The van der Waals surface area contributed by atoms with Gasteiger partial charge in [0.05, 0.1) is 30.1 Å². The second-order valence-corrected chi connectivity index (χ2v) is 13.7. The van der Waals surface area contributed by atoms with E-state index in [2.05, 4.69) is 26.6 Å². The quantitative estimate of drug-likeness (QED) is 0.0538. The van der Waals surface area contributed by atoms with Crippen LogP contribution in [-0.2, 0) is 40.9 Å². The summed E-state index contributed by atoms with van der Waals surface area (Å²) in [4.78, 5) is 87.7. The van der Waals surface area contributed by atoms with Gasteiger partial charge in [0.1, 0.15) is 23.4 Å². The molecule has 17 heteroatoms. The Bertz CT molecular complexity index is 2080. The number of halogens is 1. The molecule has 1 aromatic heterocycles.